The van der Waals surface area contributed by atoms with Gasteiger partial charge in [-0.2, -0.15) is 5.10 Å². The molecule has 4 heteroatoms. The molecular formula is C44H46IrN3-. The molecule has 0 unspecified atom stereocenters. The van der Waals surface area contributed by atoms with E-state index in [0.717, 1.165) is 33.8 Å². The van der Waals surface area contributed by atoms with E-state index >= 15 is 0 Å². The zero-order valence-electron chi connectivity index (χ0n) is 29.9. The van der Waals surface area contributed by atoms with Gasteiger partial charge in [0.05, 0.1) is 11.5 Å². The number of rotatable bonds is 5. The van der Waals surface area contributed by atoms with Crippen molar-refractivity contribution in [3.63, 3.8) is 0 Å². The van der Waals surface area contributed by atoms with Crippen LogP contribution in [-0.4, -0.2) is 14.8 Å². The van der Waals surface area contributed by atoms with Crippen molar-refractivity contribution < 1.29 is 20.1 Å². The third-order valence-electron chi connectivity index (χ3n) is 9.50. The Hall–Kier alpha value is -4.11. The molecule has 1 radical (unpaired) electrons. The second-order valence-corrected chi connectivity index (χ2v) is 15.0. The fourth-order valence-electron chi connectivity index (χ4n) is 6.72. The molecule has 0 aliphatic rings. The predicted octanol–water partition coefficient (Wildman–Crippen LogP) is 11.6. The third-order valence-corrected chi connectivity index (χ3v) is 9.50. The van der Waals surface area contributed by atoms with Gasteiger partial charge in [-0.15, -0.1) is 35.4 Å². The normalized spacial score (nSPS) is 11.8. The maximum absolute atomic E-state index is 4.73. The average Bonchev–Trinajstić information content (AvgIpc) is 3.50. The molecule has 6 aromatic rings. The molecule has 0 aliphatic heterocycles. The zero-order valence-corrected chi connectivity index (χ0v) is 32.3. The SMILES string of the molecule is Cc1cccc(C)c1-n1ncnc1-c1[c-]ccc(-c2c(C)c(-c3ccc(C(C)(C)C)cc3)cc(-c3ccc(C(C)(C)C)cc3)c2C)c1.[Ir]. The standard InChI is InChI=1S/C44H46N3.Ir/c1-28-13-11-14-29(2)41(28)47-42(45-27-46-47)35-16-12-15-34(25-35)40-30(3)38(32-17-21-36(22-18-32)43(5,6)7)26-39(31(40)4)33-19-23-37(24-20-33)44(8,9)10;/h11-15,17-27H,1-10H3;/q-1;. The Morgan fingerprint density at radius 3 is 1.58 bits per heavy atom. The van der Waals surface area contributed by atoms with Gasteiger partial charge in [-0.1, -0.05) is 108 Å². The molecule has 0 fully saturated rings. The van der Waals surface area contributed by atoms with Gasteiger partial charge in [0.1, 0.15) is 6.33 Å². The van der Waals surface area contributed by atoms with Crippen molar-refractivity contribution in [1.29, 1.82) is 0 Å². The molecule has 0 aliphatic carbocycles. The third kappa shape index (κ3) is 6.75. The molecule has 0 spiro atoms. The summed E-state index contributed by atoms with van der Waals surface area (Å²) in [6.45, 7) is 22.4. The zero-order chi connectivity index (χ0) is 33.7. The van der Waals surface area contributed by atoms with E-state index in [1.54, 1.807) is 6.33 Å². The van der Waals surface area contributed by atoms with E-state index in [9.17, 15) is 0 Å². The Morgan fingerprint density at radius 2 is 1.10 bits per heavy atom. The van der Waals surface area contributed by atoms with Crippen molar-refractivity contribution in [1.82, 2.24) is 14.8 Å². The minimum Gasteiger partial charge on any atom is -0.264 e. The second-order valence-electron chi connectivity index (χ2n) is 15.0. The predicted molar refractivity (Wildman–Crippen MR) is 198 cm³/mol. The molecule has 0 saturated heterocycles. The first-order chi connectivity index (χ1) is 22.2. The van der Waals surface area contributed by atoms with Crippen LogP contribution in [0, 0.1) is 33.8 Å². The average molecular weight is 809 g/mol. The second kappa shape index (κ2) is 13.4. The van der Waals surface area contributed by atoms with Gasteiger partial charge >= 0.3 is 0 Å². The van der Waals surface area contributed by atoms with Crippen LogP contribution in [0.3, 0.4) is 0 Å². The Morgan fingerprint density at radius 1 is 0.604 bits per heavy atom. The monoisotopic (exact) mass is 809 g/mol. The summed E-state index contributed by atoms with van der Waals surface area (Å²) in [6.07, 6.45) is 1.64. The smallest absolute Gasteiger partial charge is 0.127 e. The van der Waals surface area contributed by atoms with Crippen molar-refractivity contribution in [2.24, 2.45) is 0 Å². The first kappa shape index (κ1) is 35.2. The number of hydrogen-bond donors (Lipinski definition) is 0. The number of aryl methyl sites for hydroxylation is 2. The van der Waals surface area contributed by atoms with Crippen LogP contribution in [-0.2, 0) is 30.9 Å². The summed E-state index contributed by atoms with van der Waals surface area (Å²) < 4.78 is 1.95. The van der Waals surface area contributed by atoms with E-state index in [4.69, 9.17) is 4.98 Å². The Bertz CT molecular complexity index is 1970. The van der Waals surface area contributed by atoms with E-state index in [0.29, 0.717) is 0 Å². The number of nitrogens with zero attached hydrogens (tertiary/aromatic N) is 3. The number of hydrogen-bond acceptors (Lipinski definition) is 2. The molecule has 0 atom stereocenters. The van der Waals surface area contributed by atoms with Gasteiger partial charge in [0.15, 0.2) is 0 Å². The molecule has 6 rings (SSSR count). The van der Waals surface area contributed by atoms with Crippen LogP contribution in [0.25, 0.3) is 50.5 Å². The maximum atomic E-state index is 4.73. The van der Waals surface area contributed by atoms with Crippen LogP contribution < -0.4 is 0 Å². The van der Waals surface area contributed by atoms with E-state index in [2.05, 4.69) is 165 Å². The molecule has 0 N–H and O–H groups in total. The van der Waals surface area contributed by atoms with Gasteiger partial charge in [-0.05, 0) is 106 Å². The summed E-state index contributed by atoms with van der Waals surface area (Å²) in [5.74, 6) is 0.784. The molecule has 0 amide bonds. The minimum absolute atomic E-state index is 0. The molecule has 0 bridgehead atoms. The Labute approximate surface area is 300 Å². The van der Waals surface area contributed by atoms with E-state index in [-0.39, 0.29) is 30.9 Å². The van der Waals surface area contributed by atoms with E-state index in [1.807, 2.05) is 10.7 Å². The molecule has 247 valence electrons. The summed E-state index contributed by atoms with van der Waals surface area (Å²) in [7, 11) is 0. The fraction of sp³-hybridized carbons (Fsp3) is 0.273. The maximum Gasteiger partial charge on any atom is 0.127 e. The quantitative estimate of drug-likeness (QED) is 0.162. The van der Waals surface area contributed by atoms with Crippen LogP contribution in [0.1, 0.15) is 74.9 Å². The van der Waals surface area contributed by atoms with Gasteiger partial charge in [-0.3, -0.25) is 9.67 Å². The topological polar surface area (TPSA) is 30.7 Å². The first-order valence-electron chi connectivity index (χ1n) is 16.6. The summed E-state index contributed by atoms with van der Waals surface area (Å²) in [6, 6.07) is 36.9. The minimum atomic E-state index is 0. The van der Waals surface area contributed by atoms with Crippen LogP contribution in [0.4, 0.5) is 0 Å². The molecule has 0 saturated carbocycles. The van der Waals surface area contributed by atoms with Gasteiger partial charge in [0, 0.05) is 20.1 Å². The number of benzene rings is 5. The van der Waals surface area contributed by atoms with E-state index < -0.39 is 0 Å². The molecule has 1 heterocycles. The van der Waals surface area contributed by atoms with Crippen molar-refractivity contribution in [2.45, 2.75) is 80.1 Å². The molecule has 3 nitrogen and oxygen atoms in total. The van der Waals surface area contributed by atoms with Gasteiger partial charge in [0.25, 0.3) is 0 Å². The molecule has 1 aromatic heterocycles. The van der Waals surface area contributed by atoms with Crippen molar-refractivity contribution >= 4 is 0 Å². The van der Waals surface area contributed by atoms with Crippen molar-refractivity contribution in [2.75, 3.05) is 0 Å². The van der Waals surface area contributed by atoms with Crippen LogP contribution >= 0.6 is 0 Å². The Kier molecular flexibility index (Phi) is 9.84. The summed E-state index contributed by atoms with van der Waals surface area (Å²) in [5, 5.41) is 4.66. The molecular weight excluding hydrogens is 763 g/mol. The van der Waals surface area contributed by atoms with Crippen LogP contribution in [0.2, 0.25) is 0 Å². The number of para-hydroxylation sites is 1. The first-order valence-corrected chi connectivity index (χ1v) is 16.6. The molecule has 48 heavy (non-hydrogen) atoms. The number of aromatic nitrogens is 3. The van der Waals surface area contributed by atoms with Crippen molar-refractivity contribution in [3.05, 3.63) is 137 Å². The summed E-state index contributed by atoms with van der Waals surface area (Å²) >= 11 is 0. The Balaban J connectivity index is 0.00000451. The summed E-state index contributed by atoms with van der Waals surface area (Å²) in [4.78, 5) is 4.73. The van der Waals surface area contributed by atoms with E-state index in [1.165, 1.54) is 50.1 Å². The van der Waals surface area contributed by atoms with Crippen LogP contribution in [0.5, 0.6) is 0 Å². The summed E-state index contributed by atoms with van der Waals surface area (Å²) in [5.41, 5.74) is 17.0. The largest absolute Gasteiger partial charge is 0.264 e. The van der Waals surface area contributed by atoms with Gasteiger partial charge in [-0.25, -0.2) is 0 Å². The fourth-order valence-corrected chi connectivity index (χ4v) is 6.72. The van der Waals surface area contributed by atoms with Gasteiger partial charge in [0.2, 0.25) is 0 Å². The van der Waals surface area contributed by atoms with Gasteiger partial charge < -0.3 is 0 Å². The van der Waals surface area contributed by atoms with Crippen LogP contribution in [0.15, 0.2) is 97.3 Å². The molecule has 5 aromatic carbocycles. The van der Waals surface area contributed by atoms with Crippen molar-refractivity contribution in [3.8, 4) is 50.5 Å².